The third-order valence-electron chi connectivity index (χ3n) is 4.84. The summed E-state index contributed by atoms with van der Waals surface area (Å²) in [6.07, 6.45) is 2.38. The van der Waals surface area contributed by atoms with E-state index >= 15 is 0 Å². The van der Waals surface area contributed by atoms with Gasteiger partial charge in [0.2, 0.25) is 0 Å². The zero-order valence-corrected chi connectivity index (χ0v) is 15.5. The van der Waals surface area contributed by atoms with E-state index in [9.17, 15) is 4.79 Å². The van der Waals surface area contributed by atoms with Crippen molar-refractivity contribution in [2.45, 2.75) is 18.9 Å². The average Bonchev–Trinajstić information content (AvgIpc) is 3.20. The highest BCUT2D eigenvalue weighted by molar-refractivity contribution is 5.89. The molecule has 2 fully saturated rings. The van der Waals surface area contributed by atoms with Gasteiger partial charge in [-0.3, -0.25) is 4.90 Å². The van der Waals surface area contributed by atoms with Crippen LogP contribution in [0.4, 0.5) is 10.5 Å². The number of hydrogen-bond acceptors (Lipinski definition) is 5. The molecule has 0 saturated carbocycles. The molecule has 2 saturated heterocycles. The molecule has 0 spiro atoms. The summed E-state index contributed by atoms with van der Waals surface area (Å²) < 4.78 is 16.4. The number of urea groups is 1. The minimum atomic E-state index is -0.0515. The van der Waals surface area contributed by atoms with Crippen LogP contribution in [-0.4, -0.2) is 81.6 Å². The molecule has 7 nitrogen and oxygen atoms in total. The van der Waals surface area contributed by atoms with Crippen molar-refractivity contribution in [3.8, 4) is 5.75 Å². The fraction of sp³-hybridized carbons (Fsp3) is 0.632. The van der Waals surface area contributed by atoms with Crippen LogP contribution in [0.5, 0.6) is 5.75 Å². The number of ether oxygens (including phenoxy) is 3. The molecule has 26 heavy (non-hydrogen) atoms. The van der Waals surface area contributed by atoms with E-state index in [0.29, 0.717) is 6.61 Å². The number of nitrogens with zero attached hydrogens (tertiary/aromatic N) is 2. The molecule has 1 atom stereocenters. The van der Waals surface area contributed by atoms with Gasteiger partial charge >= 0.3 is 6.03 Å². The fourth-order valence-electron chi connectivity index (χ4n) is 3.20. The Morgan fingerprint density at radius 2 is 2.00 bits per heavy atom. The van der Waals surface area contributed by atoms with Crippen molar-refractivity contribution in [1.82, 2.24) is 9.80 Å². The number of nitrogens with one attached hydrogen (secondary N) is 1. The first-order valence-electron chi connectivity index (χ1n) is 9.36. The van der Waals surface area contributed by atoms with Crippen molar-refractivity contribution in [2.24, 2.45) is 0 Å². The van der Waals surface area contributed by atoms with E-state index in [-0.39, 0.29) is 12.1 Å². The lowest BCUT2D eigenvalue weighted by atomic mass is 10.2. The van der Waals surface area contributed by atoms with Crippen molar-refractivity contribution >= 4 is 11.7 Å². The summed E-state index contributed by atoms with van der Waals surface area (Å²) in [5, 5.41) is 2.96. The van der Waals surface area contributed by atoms with Crippen LogP contribution in [0.15, 0.2) is 24.3 Å². The van der Waals surface area contributed by atoms with Gasteiger partial charge in [-0.25, -0.2) is 4.79 Å². The Morgan fingerprint density at radius 1 is 1.23 bits per heavy atom. The van der Waals surface area contributed by atoms with E-state index in [1.54, 1.807) is 7.11 Å². The molecule has 0 bridgehead atoms. The number of amides is 2. The summed E-state index contributed by atoms with van der Waals surface area (Å²) in [6.45, 7) is 6.29. The van der Waals surface area contributed by atoms with Gasteiger partial charge in [-0.1, -0.05) is 0 Å². The largest absolute Gasteiger partial charge is 0.491 e. The maximum absolute atomic E-state index is 12.4. The fourth-order valence-corrected chi connectivity index (χ4v) is 3.20. The van der Waals surface area contributed by atoms with Crippen LogP contribution in [0, 0.1) is 0 Å². The summed E-state index contributed by atoms with van der Waals surface area (Å²) in [7, 11) is 1.71. The summed E-state index contributed by atoms with van der Waals surface area (Å²) in [5.41, 5.74) is 0.779. The van der Waals surface area contributed by atoms with Crippen LogP contribution in [-0.2, 0) is 9.47 Å². The number of hydrogen-bond donors (Lipinski definition) is 1. The lowest BCUT2D eigenvalue weighted by Gasteiger charge is -2.34. The average molecular weight is 363 g/mol. The van der Waals surface area contributed by atoms with E-state index in [1.807, 2.05) is 29.2 Å². The van der Waals surface area contributed by atoms with E-state index < -0.39 is 0 Å². The Kier molecular flexibility index (Phi) is 7.11. The second-order valence-electron chi connectivity index (χ2n) is 6.72. The number of anilines is 1. The van der Waals surface area contributed by atoms with E-state index in [2.05, 4.69) is 10.2 Å². The first-order valence-corrected chi connectivity index (χ1v) is 9.36. The van der Waals surface area contributed by atoms with Gasteiger partial charge in [0.1, 0.15) is 12.4 Å². The Balaban J connectivity index is 1.40. The van der Waals surface area contributed by atoms with Gasteiger partial charge in [0.25, 0.3) is 0 Å². The molecule has 1 aromatic rings. The van der Waals surface area contributed by atoms with E-state index in [1.165, 1.54) is 0 Å². The first kappa shape index (κ1) is 18.9. The third kappa shape index (κ3) is 5.59. The zero-order valence-electron chi connectivity index (χ0n) is 15.5. The maximum atomic E-state index is 12.4. The topological polar surface area (TPSA) is 63.3 Å². The van der Waals surface area contributed by atoms with Crippen LogP contribution in [0.2, 0.25) is 0 Å². The quantitative estimate of drug-likeness (QED) is 0.803. The molecule has 0 radical (unpaired) electrons. The monoisotopic (exact) mass is 363 g/mol. The molecular weight excluding hydrogens is 334 g/mol. The number of piperazine rings is 1. The zero-order chi connectivity index (χ0) is 18.2. The lowest BCUT2D eigenvalue weighted by molar-refractivity contribution is 0.0679. The molecule has 1 N–H and O–H groups in total. The predicted octanol–water partition coefficient (Wildman–Crippen LogP) is 2.04. The molecule has 7 heteroatoms. The van der Waals surface area contributed by atoms with E-state index in [4.69, 9.17) is 14.2 Å². The molecule has 2 aliphatic heterocycles. The molecule has 3 rings (SSSR count). The smallest absolute Gasteiger partial charge is 0.321 e. The number of methoxy groups -OCH3 is 1. The summed E-state index contributed by atoms with van der Waals surface area (Å²) >= 11 is 0. The number of benzene rings is 1. The van der Waals surface area contributed by atoms with Crippen LogP contribution in [0.25, 0.3) is 0 Å². The number of carbonyl (C=O) groups is 1. The predicted molar refractivity (Wildman–Crippen MR) is 99.8 cm³/mol. The number of rotatable bonds is 7. The SMILES string of the molecule is COCCN1CCN(C(=O)Nc2ccc(OC[C@H]3CCCO3)cc2)CC1. The summed E-state index contributed by atoms with van der Waals surface area (Å²) in [4.78, 5) is 16.6. The second-order valence-corrected chi connectivity index (χ2v) is 6.72. The standard InChI is InChI=1S/C19H29N3O4/c1-24-14-12-21-8-10-22(11-9-21)19(23)20-16-4-6-17(7-5-16)26-15-18-3-2-13-25-18/h4-7,18H,2-3,8-15H2,1H3,(H,20,23)/t18-/m1/s1. The van der Waals surface area contributed by atoms with Gasteiger partial charge < -0.3 is 24.4 Å². The summed E-state index contributed by atoms with van der Waals surface area (Å²) in [6, 6.07) is 7.46. The van der Waals surface area contributed by atoms with Gasteiger partial charge in [-0.2, -0.15) is 0 Å². The Bertz CT molecular complexity index is 552. The molecular formula is C19H29N3O4. The molecule has 0 aliphatic carbocycles. The van der Waals surface area contributed by atoms with Crippen molar-refractivity contribution in [3.05, 3.63) is 24.3 Å². The van der Waals surface area contributed by atoms with Crippen LogP contribution >= 0.6 is 0 Å². The van der Waals surface area contributed by atoms with Gasteiger partial charge in [0.15, 0.2) is 0 Å². The molecule has 0 unspecified atom stereocenters. The second kappa shape index (κ2) is 9.75. The number of carbonyl (C=O) groups excluding carboxylic acids is 1. The third-order valence-corrected chi connectivity index (χ3v) is 4.84. The van der Waals surface area contributed by atoms with Crippen molar-refractivity contribution in [3.63, 3.8) is 0 Å². The molecule has 2 heterocycles. The van der Waals surface area contributed by atoms with Gasteiger partial charge in [-0.05, 0) is 37.1 Å². The maximum Gasteiger partial charge on any atom is 0.321 e. The van der Waals surface area contributed by atoms with Crippen molar-refractivity contribution < 1.29 is 19.0 Å². The molecule has 2 amide bonds. The Labute approximate surface area is 155 Å². The van der Waals surface area contributed by atoms with Gasteiger partial charge in [0.05, 0.1) is 12.7 Å². The highest BCUT2D eigenvalue weighted by atomic mass is 16.5. The van der Waals surface area contributed by atoms with Gasteiger partial charge in [0, 0.05) is 52.1 Å². The molecule has 1 aromatic carbocycles. The van der Waals surface area contributed by atoms with Crippen molar-refractivity contribution in [1.29, 1.82) is 0 Å². The molecule has 0 aromatic heterocycles. The van der Waals surface area contributed by atoms with Gasteiger partial charge in [-0.15, -0.1) is 0 Å². The minimum Gasteiger partial charge on any atom is -0.491 e. The minimum absolute atomic E-state index is 0.0515. The Morgan fingerprint density at radius 3 is 2.65 bits per heavy atom. The molecule has 2 aliphatic rings. The molecule has 144 valence electrons. The first-order chi connectivity index (χ1) is 12.7. The van der Waals surface area contributed by atoms with Crippen LogP contribution < -0.4 is 10.1 Å². The highest BCUT2D eigenvalue weighted by Crippen LogP contribution is 2.19. The van der Waals surface area contributed by atoms with Crippen LogP contribution in [0.3, 0.4) is 0 Å². The lowest BCUT2D eigenvalue weighted by Crippen LogP contribution is -2.50. The van der Waals surface area contributed by atoms with E-state index in [0.717, 1.165) is 70.2 Å². The normalized spacial score (nSPS) is 21.0. The summed E-state index contributed by atoms with van der Waals surface area (Å²) in [5.74, 6) is 0.797. The van der Waals surface area contributed by atoms with Crippen molar-refractivity contribution in [2.75, 3.05) is 65.0 Å². The highest BCUT2D eigenvalue weighted by Gasteiger charge is 2.21. The Hall–Kier alpha value is -1.83. The van der Waals surface area contributed by atoms with Crippen LogP contribution in [0.1, 0.15) is 12.8 Å².